The number of rotatable bonds is 2. The zero-order chi connectivity index (χ0) is 13.6. The highest BCUT2D eigenvalue weighted by molar-refractivity contribution is 5.80. The Hall–Kier alpha value is -0.610. The van der Waals surface area contributed by atoms with Crippen LogP contribution in [0.3, 0.4) is 0 Å². The van der Waals surface area contributed by atoms with Gasteiger partial charge in [0.1, 0.15) is 0 Å². The van der Waals surface area contributed by atoms with E-state index in [1.54, 1.807) is 0 Å². The molecule has 2 bridgehead atoms. The van der Waals surface area contributed by atoms with Crippen LogP contribution in [0.1, 0.15) is 33.1 Å². The van der Waals surface area contributed by atoms with E-state index in [4.69, 9.17) is 5.73 Å². The van der Waals surface area contributed by atoms with Crippen molar-refractivity contribution < 1.29 is 4.79 Å². The van der Waals surface area contributed by atoms with Gasteiger partial charge in [-0.05, 0) is 44.6 Å². The van der Waals surface area contributed by atoms with Crippen molar-refractivity contribution in [3.05, 3.63) is 0 Å². The second kappa shape index (κ2) is 5.06. The van der Waals surface area contributed by atoms with Gasteiger partial charge in [-0.15, -0.1) is 0 Å². The van der Waals surface area contributed by atoms with E-state index in [0.29, 0.717) is 23.8 Å². The summed E-state index contributed by atoms with van der Waals surface area (Å²) in [4.78, 5) is 17.3. The number of piperazine rings is 1. The summed E-state index contributed by atoms with van der Waals surface area (Å²) in [6, 6.07) is 0.614. The van der Waals surface area contributed by atoms with Gasteiger partial charge in [0.2, 0.25) is 5.91 Å². The molecule has 1 heterocycles. The van der Waals surface area contributed by atoms with E-state index < -0.39 is 0 Å². The predicted molar refractivity (Wildman–Crippen MR) is 75.6 cm³/mol. The molecule has 0 aromatic heterocycles. The Bertz CT molecular complexity index is 357. The molecule has 5 atom stereocenters. The summed E-state index contributed by atoms with van der Waals surface area (Å²) in [6.07, 6.45) is 3.66. The monoisotopic (exact) mass is 265 g/mol. The highest BCUT2D eigenvalue weighted by Crippen LogP contribution is 2.48. The predicted octanol–water partition coefficient (Wildman–Crippen LogP) is 0.912. The van der Waals surface area contributed by atoms with Crippen molar-refractivity contribution in [2.75, 3.05) is 26.2 Å². The van der Waals surface area contributed by atoms with Crippen LogP contribution >= 0.6 is 0 Å². The molecule has 0 radical (unpaired) electrons. The fraction of sp³-hybridized carbons (Fsp3) is 0.933. The van der Waals surface area contributed by atoms with Crippen molar-refractivity contribution in [2.24, 2.45) is 23.5 Å². The third-order valence-electron chi connectivity index (χ3n) is 5.75. The molecule has 108 valence electrons. The molecule has 19 heavy (non-hydrogen) atoms. The molecule has 3 rings (SSSR count). The van der Waals surface area contributed by atoms with Crippen molar-refractivity contribution in [2.45, 2.75) is 45.2 Å². The fourth-order valence-corrected chi connectivity index (χ4v) is 4.58. The third kappa shape index (κ3) is 2.19. The van der Waals surface area contributed by atoms with Crippen LogP contribution in [-0.2, 0) is 4.79 Å². The number of nitrogens with zero attached hydrogens (tertiary/aromatic N) is 2. The lowest BCUT2D eigenvalue weighted by molar-refractivity contribution is -0.140. The molecule has 3 aliphatic rings. The SMILES string of the molecule is CCN1CCN(C(=O)C2C3CCC(C3)C2N)CC1C. The van der Waals surface area contributed by atoms with Gasteiger partial charge in [-0.3, -0.25) is 9.69 Å². The minimum atomic E-state index is 0.124. The normalized spacial score (nSPS) is 42.9. The number of fused-ring (bicyclic) bond motifs is 2. The van der Waals surface area contributed by atoms with Gasteiger partial charge in [-0.25, -0.2) is 0 Å². The van der Waals surface area contributed by atoms with E-state index >= 15 is 0 Å². The zero-order valence-electron chi connectivity index (χ0n) is 12.2. The first-order chi connectivity index (χ1) is 9.11. The molecule has 0 aromatic rings. The van der Waals surface area contributed by atoms with Gasteiger partial charge < -0.3 is 10.6 Å². The molecule has 4 heteroatoms. The average molecular weight is 265 g/mol. The topological polar surface area (TPSA) is 49.6 Å². The summed E-state index contributed by atoms with van der Waals surface area (Å²) >= 11 is 0. The number of likely N-dealkylation sites (N-methyl/N-ethyl adjacent to an activating group) is 1. The van der Waals surface area contributed by atoms with Gasteiger partial charge in [0.15, 0.2) is 0 Å². The molecular weight excluding hydrogens is 238 g/mol. The maximum absolute atomic E-state index is 12.8. The molecule has 1 aliphatic heterocycles. The van der Waals surface area contributed by atoms with Gasteiger partial charge in [0.25, 0.3) is 0 Å². The van der Waals surface area contributed by atoms with Crippen molar-refractivity contribution >= 4 is 5.91 Å². The van der Waals surface area contributed by atoms with Crippen molar-refractivity contribution in [1.82, 2.24) is 9.80 Å². The molecular formula is C15H27N3O. The quantitative estimate of drug-likeness (QED) is 0.807. The van der Waals surface area contributed by atoms with E-state index in [2.05, 4.69) is 23.6 Å². The summed E-state index contributed by atoms with van der Waals surface area (Å²) in [6.45, 7) is 8.28. The first-order valence-corrected chi connectivity index (χ1v) is 7.90. The highest BCUT2D eigenvalue weighted by Gasteiger charge is 2.50. The molecule has 2 aliphatic carbocycles. The Morgan fingerprint density at radius 3 is 2.58 bits per heavy atom. The maximum atomic E-state index is 12.8. The van der Waals surface area contributed by atoms with Gasteiger partial charge in [0.05, 0.1) is 5.92 Å². The van der Waals surface area contributed by atoms with Gasteiger partial charge in [-0.2, -0.15) is 0 Å². The number of carbonyl (C=O) groups excluding carboxylic acids is 1. The smallest absolute Gasteiger partial charge is 0.227 e. The third-order valence-corrected chi connectivity index (χ3v) is 5.75. The van der Waals surface area contributed by atoms with Crippen LogP contribution in [0.25, 0.3) is 0 Å². The first kappa shape index (κ1) is 13.4. The molecule has 1 saturated heterocycles. The summed E-state index contributed by atoms with van der Waals surface area (Å²) < 4.78 is 0. The van der Waals surface area contributed by atoms with Gasteiger partial charge in [0, 0.05) is 31.7 Å². The van der Waals surface area contributed by atoms with Crippen LogP contribution in [0, 0.1) is 17.8 Å². The second-order valence-corrected chi connectivity index (χ2v) is 6.70. The average Bonchev–Trinajstić information content (AvgIpc) is 2.98. The summed E-state index contributed by atoms with van der Waals surface area (Å²) in [7, 11) is 0. The van der Waals surface area contributed by atoms with E-state index in [-0.39, 0.29) is 12.0 Å². The fourth-order valence-electron chi connectivity index (χ4n) is 4.58. The minimum absolute atomic E-state index is 0.124. The minimum Gasteiger partial charge on any atom is -0.340 e. The molecule has 2 N–H and O–H groups in total. The van der Waals surface area contributed by atoms with E-state index in [0.717, 1.165) is 26.2 Å². The number of nitrogens with two attached hydrogens (primary N) is 1. The zero-order valence-corrected chi connectivity index (χ0v) is 12.2. The molecule has 1 amide bonds. The van der Waals surface area contributed by atoms with Crippen LogP contribution in [0.5, 0.6) is 0 Å². The second-order valence-electron chi connectivity index (χ2n) is 6.70. The molecule has 3 fully saturated rings. The van der Waals surface area contributed by atoms with Gasteiger partial charge >= 0.3 is 0 Å². The summed E-state index contributed by atoms with van der Waals surface area (Å²) in [5.41, 5.74) is 6.30. The van der Waals surface area contributed by atoms with E-state index in [9.17, 15) is 4.79 Å². The standard InChI is InChI=1S/C15H27N3O/c1-3-17-6-7-18(9-10(17)2)15(19)13-11-4-5-12(8-11)14(13)16/h10-14H,3-9,16H2,1-2H3. The van der Waals surface area contributed by atoms with Crippen LogP contribution in [-0.4, -0.2) is 54.0 Å². The number of hydrogen-bond acceptors (Lipinski definition) is 3. The van der Waals surface area contributed by atoms with Crippen molar-refractivity contribution in [3.63, 3.8) is 0 Å². The maximum Gasteiger partial charge on any atom is 0.227 e. The van der Waals surface area contributed by atoms with Crippen LogP contribution in [0.2, 0.25) is 0 Å². The largest absolute Gasteiger partial charge is 0.340 e. The van der Waals surface area contributed by atoms with Crippen molar-refractivity contribution in [1.29, 1.82) is 0 Å². The number of amides is 1. The molecule has 2 saturated carbocycles. The molecule has 0 spiro atoms. The Kier molecular flexibility index (Phi) is 3.56. The number of hydrogen-bond donors (Lipinski definition) is 1. The highest BCUT2D eigenvalue weighted by atomic mass is 16.2. The van der Waals surface area contributed by atoms with E-state index in [1.807, 2.05) is 0 Å². The van der Waals surface area contributed by atoms with Gasteiger partial charge in [-0.1, -0.05) is 6.92 Å². The van der Waals surface area contributed by atoms with Crippen LogP contribution in [0.15, 0.2) is 0 Å². The number of carbonyl (C=O) groups is 1. The van der Waals surface area contributed by atoms with Crippen LogP contribution in [0.4, 0.5) is 0 Å². The Morgan fingerprint density at radius 2 is 2.00 bits per heavy atom. The molecule has 0 aromatic carbocycles. The Labute approximate surface area is 116 Å². The Balaban J connectivity index is 1.65. The van der Waals surface area contributed by atoms with Crippen molar-refractivity contribution in [3.8, 4) is 0 Å². The molecule has 4 nitrogen and oxygen atoms in total. The van der Waals surface area contributed by atoms with Crippen LogP contribution < -0.4 is 5.73 Å². The lowest BCUT2D eigenvalue weighted by atomic mass is 9.83. The Morgan fingerprint density at radius 1 is 1.26 bits per heavy atom. The lowest BCUT2D eigenvalue weighted by Gasteiger charge is -2.41. The lowest BCUT2D eigenvalue weighted by Crippen LogP contribution is -2.56. The summed E-state index contributed by atoms with van der Waals surface area (Å²) in [5, 5.41) is 0. The summed E-state index contributed by atoms with van der Waals surface area (Å²) in [5.74, 6) is 1.67. The first-order valence-electron chi connectivity index (χ1n) is 7.90. The molecule has 5 unspecified atom stereocenters. The van der Waals surface area contributed by atoms with E-state index in [1.165, 1.54) is 19.3 Å².